The SMILES string of the molecule is CCOc1cccc(Sc2ccc(C(=O)O)o2)c1[N+](=O)[O-]. The number of carbonyl (C=O) groups is 1. The van der Waals surface area contributed by atoms with Crippen LogP contribution in [0.1, 0.15) is 17.5 Å². The molecule has 0 aliphatic rings. The highest BCUT2D eigenvalue weighted by Crippen LogP contribution is 2.40. The van der Waals surface area contributed by atoms with Gasteiger partial charge in [0.1, 0.15) is 0 Å². The van der Waals surface area contributed by atoms with E-state index in [-0.39, 0.29) is 22.3 Å². The van der Waals surface area contributed by atoms with Crippen molar-refractivity contribution in [2.45, 2.75) is 16.9 Å². The molecule has 0 atom stereocenters. The number of furan rings is 1. The lowest BCUT2D eigenvalue weighted by Gasteiger charge is -2.06. The molecule has 0 saturated heterocycles. The number of ether oxygens (including phenoxy) is 1. The number of rotatable bonds is 6. The van der Waals surface area contributed by atoms with Gasteiger partial charge in [-0.2, -0.15) is 0 Å². The summed E-state index contributed by atoms with van der Waals surface area (Å²) in [6, 6.07) is 7.43. The van der Waals surface area contributed by atoms with Gasteiger partial charge in [0.25, 0.3) is 0 Å². The molecule has 7 nitrogen and oxygen atoms in total. The molecule has 1 aromatic heterocycles. The Kier molecular flexibility index (Phi) is 4.49. The van der Waals surface area contributed by atoms with E-state index < -0.39 is 10.9 Å². The highest BCUT2D eigenvalue weighted by atomic mass is 32.2. The molecular formula is C13H11NO6S. The molecule has 0 spiro atoms. The van der Waals surface area contributed by atoms with E-state index in [9.17, 15) is 14.9 Å². The van der Waals surface area contributed by atoms with Crippen LogP contribution < -0.4 is 4.74 Å². The van der Waals surface area contributed by atoms with Gasteiger partial charge < -0.3 is 14.3 Å². The highest BCUT2D eigenvalue weighted by molar-refractivity contribution is 7.99. The van der Waals surface area contributed by atoms with Crippen LogP contribution in [0.3, 0.4) is 0 Å². The molecule has 0 amide bonds. The number of hydrogen-bond acceptors (Lipinski definition) is 6. The van der Waals surface area contributed by atoms with E-state index in [4.69, 9.17) is 14.3 Å². The minimum atomic E-state index is -1.19. The number of carboxylic acid groups (broad SMARTS) is 1. The number of para-hydroxylation sites is 1. The van der Waals surface area contributed by atoms with Crippen molar-refractivity contribution in [3.8, 4) is 5.75 Å². The average Bonchev–Trinajstić information content (AvgIpc) is 2.87. The number of hydrogen-bond donors (Lipinski definition) is 1. The lowest BCUT2D eigenvalue weighted by Crippen LogP contribution is -1.98. The van der Waals surface area contributed by atoms with Crippen molar-refractivity contribution in [1.29, 1.82) is 0 Å². The highest BCUT2D eigenvalue weighted by Gasteiger charge is 2.23. The first-order valence-electron chi connectivity index (χ1n) is 5.94. The Labute approximate surface area is 123 Å². The zero-order valence-electron chi connectivity index (χ0n) is 10.9. The minimum Gasteiger partial charge on any atom is -0.487 e. The predicted molar refractivity (Wildman–Crippen MR) is 74.1 cm³/mol. The molecule has 0 radical (unpaired) electrons. The molecule has 0 unspecified atom stereocenters. The van der Waals surface area contributed by atoms with Crippen LogP contribution in [0.2, 0.25) is 0 Å². The third-order valence-corrected chi connectivity index (χ3v) is 3.42. The molecule has 21 heavy (non-hydrogen) atoms. The van der Waals surface area contributed by atoms with Gasteiger partial charge in [0.15, 0.2) is 10.8 Å². The van der Waals surface area contributed by atoms with Gasteiger partial charge in [0, 0.05) is 0 Å². The molecule has 2 aromatic rings. The second kappa shape index (κ2) is 6.31. The summed E-state index contributed by atoms with van der Waals surface area (Å²) in [6.45, 7) is 2.04. The van der Waals surface area contributed by atoms with Crippen molar-refractivity contribution in [2.75, 3.05) is 6.61 Å². The Balaban J connectivity index is 2.36. The molecule has 2 rings (SSSR count). The van der Waals surface area contributed by atoms with Gasteiger partial charge >= 0.3 is 11.7 Å². The molecule has 1 heterocycles. The van der Waals surface area contributed by atoms with E-state index >= 15 is 0 Å². The lowest BCUT2D eigenvalue weighted by molar-refractivity contribution is -0.388. The van der Waals surface area contributed by atoms with Crippen LogP contribution in [0.4, 0.5) is 5.69 Å². The third-order valence-electron chi connectivity index (χ3n) is 2.45. The normalized spacial score (nSPS) is 10.3. The molecule has 110 valence electrons. The summed E-state index contributed by atoms with van der Waals surface area (Å²) in [5.74, 6) is -1.25. The number of nitro benzene ring substituents is 1. The van der Waals surface area contributed by atoms with Gasteiger partial charge in [-0.15, -0.1) is 0 Å². The fourth-order valence-electron chi connectivity index (χ4n) is 1.63. The second-order valence-corrected chi connectivity index (χ2v) is 4.87. The van der Waals surface area contributed by atoms with E-state index in [0.717, 1.165) is 11.8 Å². The van der Waals surface area contributed by atoms with Gasteiger partial charge in [0.05, 0.1) is 16.4 Å². The quantitative estimate of drug-likeness (QED) is 0.644. The van der Waals surface area contributed by atoms with Crippen molar-refractivity contribution in [3.63, 3.8) is 0 Å². The zero-order chi connectivity index (χ0) is 15.4. The molecule has 1 aromatic carbocycles. The van der Waals surface area contributed by atoms with Crippen LogP contribution in [0, 0.1) is 10.1 Å². The van der Waals surface area contributed by atoms with E-state index in [1.54, 1.807) is 19.1 Å². The number of nitrogens with zero attached hydrogens (tertiary/aromatic N) is 1. The number of carboxylic acids is 1. The Morgan fingerprint density at radius 3 is 2.76 bits per heavy atom. The predicted octanol–water partition coefficient (Wildman–Crippen LogP) is 3.44. The number of nitro groups is 1. The van der Waals surface area contributed by atoms with Crippen LogP contribution in [0.15, 0.2) is 44.7 Å². The lowest BCUT2D eigenvalue weighted by atomic mass is 10.3. The molecule has 8 heteroatoms. The molecule has 0 aliphatic carbocycles. The van der Waals surface area contributed by atoms with Gasteiger partial charge in [-0.3, -0.25) is 10.1 Å². The summed E-state index contributed by atoms with van der Waals surface area (Å²) in [5, 5.41) is 20.3. The summed E-state index contributed by atoms with van der Waals surface area (Å²) >= 11 is 0.969. The van der Waals surface area contributed by atoms with Gasteiger partial charge in [-0.25, -0.2) is 4.79 Å². The second-order valence-electron chi connectivity index (χ2n) is 3.82. The van der Waals surface area contributed by atoms with Crippen molar-refractivity contribution < 1.29 is 24.0 Å². The first-order valence-corrected chi connectivity index (χ1v) is 6.75. The van der Waals surface area contributed by atoms with Crippen LogP contribution in [0.25, 0.3) is 0 Å². The maximum atomic E-state index is 11.2. The monoisotopic (exact) mass is 309 g/mol. The van der Waals surface area contributed by atoms with E-state index in [0.29, 0.717) is 11.5 Å². The van der Waals surface area contributed by atoms with Crippen LogP contribution in [-0.4, -0.2) is 22.6 Å². The Morgan fingerprint density at radius 2 is 2.19 bits per heavy atom. The summed E-state index contributed by atoms with van der Waals surface area (Å²) in [5.41, 5.74) is -0.169. The Morgan fingerprint density at radius 1 is 1.43 bits per heavy atom. The Bertz CT molecular complexity index is 681. The topological polar surface area (TPSA) is 103 Å². The first kappa shape index (κ1) is 14.9. The molecule has 1 N–H and O–H groups in total. The zero-order valence-corrected chi connectivity index (χ0v) is 11.8. The van der Waals surface area contributed by atoms with E-state index in [1.165, 1.54) is 18.2 Å². The summed E-state index contributed by atoms with van der Waals surface area (Å²) in [7, 11) is 0. The van der Waals surface area contributed by atoms with Gasteiger partial charge in [0.2, 0.25) is 5.76 Å². The molecule has 0 fully saturated rings. The Hall–Kier alpha value is -2.48. The third kappa shape index (κ3) is 3.34. The summed E-state index contributed by atoms with van der Waals surface area (Å²) in [4.78, 5) is 21.7. The minimum absolute atomic E-state index is 0.164. The molecule has 0 bridgehead atoms. The van der Waals surface area contributed by atoms with Gasteiger partial charge in [-0.05, 0) is 43.0 Å². The van der Waals surface area contributed by atoms with Crippen molar-refractivity contribution >= 4 is 23.4 Å². The smallest absolute Gasteiger partial charge is 0.371 e. The summed E-state index contributed by atoms with van der Waals surface area (Å²) < 4.78 is 10.3. The maximum absolute atomic E-state index is 11.2. The van der Waals surface area contributed by atoms with Crippen molar-refractivity contribution in [3.05, 3.63) is 46.2 Å². The van der Waals surface area contributed by atoms with Gasteiger partial charge in [-0.1, -0.05) is 6.07 Å². The largest absolute Gasteiger partial charge is 0.487 e. The molecule has 0 aliphatic heterocycles. The van der Waals surface area contributed by atoms with E-state index in [2.05, 4.69) is 0 Å². The first-order chi connectivity index (χ1) is 10.0. The average molecular weight is 309 g/mol. The maximum Gasteiger partial charge on any atom is 0.371 e. The summed E-state index contributed by atoms with van der Waals surface area (Å²) in [6.07, 6.45) is 0. The van der Waals surface area contributed by atoms with Crippen LogP contribution in [0.5, 0.6) is 5.75 Å². The van der Waals surface area contributed by atoms with Crippen molar-refractivity contribution in [1.82, 2.24) is 0 Å². The van der Waals surface area contributed by atoms with Crippen LogP contribution in [-0.2, 0) is 0 Å². The fraction of sp³-hybridized carbons (Fsp3) is 0.154. The number of benzene rings is 1. The molecule has 0 saturated carbocycles. The van der Waals surface area contributed by atoms with Crippen LogP contribution >= 0.6 is 11.8 Å². The molecular weight excluding hydrogens is 298 g/mol. The standard InChI is InChI=1S/C13H11NO6S/c1-2-19-8-4-3-5-10(12(8)14(17)18)21-11-7-6-9(20-11)13(15)16/h3-7H,2H2,1H3,(H,15,16). The fourth-order valence-corrected chi connectivity index (χ4v) is 2.54. The van der Waals surface area contributed by atoms with Crippen molar-refractivity contribution in [2.24, 2.45) is 0 Å². The van der Waals surface area contributed by atoms with E-state index in [1.807, 2.05) is 0 Å². The number of aromatic carboxylic acids is 1.